The number of imidazole rings is 1. The number of pyridine rings is 2. The number of hydrogen-bond donors (Lipinski definition) is 0. The monoisotopic (exact) mass is 314 g/mol. The molecule has 4 rings (SSSR count). The molecule has 0 N–H and O–H groups in total. The predicted molar refractivity (Wildman–Crippen MR) is 95.6 cm³/mol. The maximum atomic E-state index is 4.84. The van der Waals surface area contributed by atoms with Crippen molar-refractivity contribution in [1.29, 1.82) is 0 Å². The van der Waals surface area contributed by atoms with Gasteiger partial charge in [-0.2, -0.15) is 0 Å². The summed E-state index contributed by atoms with van der Waals surface area (Å²) in [5, 5.41) is 0. The largest absolute Gasteiger partial charge is 0.322 e. The van der Waals surface area contributed by atoms with Crippen LogP contribution >= 0.6 is 0 Å². The maximum Gasteiger partial charge on any atom is 0.159 e. The summed E-state index contributed by atoms with van der Waals surface area (Å²) in [5.74, 6) is 0.909. The van der Waals surface area contributed by atoms with Crippen molar-refractivity contribution in [3.8, 4) is 11.5 Å². The number of hydrogen-bond acceptors (Lipinski definition) is 3. The smallest absolute Gasteiger partial charge is 0.159 e. The first-order chi connectivity index (χ1) is 11.8. The highest BCUT2D eigenvalue weighted by molar-refractivity contribution is 5.80. The molecule has 0 aliphatic carbocycles. The van der Waals surface area contributed by atoms with Gasteiger partial charge in [0, 0.05) is 31.1 Å². The number of rotatable bonds is 4. The summed E-state index contributed by atoms with van der Waals surface area (Å²) in [4.78, 5) is 13.7. The highest BCUT2D eigenvalue weighted by atomic mass is 15.1. The molecule has 0 spiro atoms. The summed E-state index contributed by atoms with van der Waals surface area (Å²) in [6.45, 7) is 2.91. The van der Waals surface area contributed by atoms with Gasteiger partial charge in [0.05, 0.1) is 11.0 Å². The first kappa shape index (κ1) is 14.6. The van der Waals surface area contributed by atoms with Gasteiger partial charge in [-0.05, 0) is 48.9 Å². The van der Waals surface area contributed by atoms with Crippen molar-refractivity contribution >= 4 is 11.0 Å². The summed E-state index contributed by atoms with van der Waals surface area (Å²) in [6.07, 6.45) is 4.51. The Morgan fingerprint density at radius 2 is 1.75 bits per heavy atom. The van der Waals surface area contributed by atoms with Crippen LogP contribution in [0.3, 0.4) is 0 Å². The third kappa shape index (κ3) is 2.78. The van der Waals surface area contributed by atoms with Crippen molar-refractivity contribution in [3.05, 3.63) is 78.2 Å². The highest BCUT2D eigenvalue weighted by Crippen LogP contribution is 2.24. The molecule has 0 amide bonds. The van der Waals surface area contributed by atoms with Gasteiger partial charge in [0.2, 0.25) is 0 Å². The van der Waals surface area contributed by atoms with Crippen LogP contribution in [0.5, 0.6) is 0 Å². The van der Waals surface area contributed by atoms with Crippen LogP contribution in [0.1, 0.15) is 11.3 Å². The minimum atomic E-state index is 0.822. The van der Waals surface area contributed by atoms with Crippen molar-refractivity contribution in [2.45, 2.75) is 19.9 Å². The average molecular weight is 314 g/mol. The first-order valence-corrected chi connectivity index (χ1v) is 8.09. The molecule has 0 radical (unpaired) electrons. The third-order valence-electron chi connectivity index (χ3n) is 4.12. The van der Waals surface area contributed by atoms with E-state index >= 15 is 0 Å². The molecule has 0 saturated heterocycles. The van der Waals surface area contributed by atoms with Crippen LogP contribution in [0.2, 0.25) is 0 Å². The summed E-state index contributed by atoms with van der Waals surface area (Å²) < 4.78 is 2.24. The lowest BCUT2D eigenvalue weighted by atomic mass is 10.2. The van der Waals surface area contributed by atoms with Crippen LogP contribution in [-0.2, 0) is 13.0 Å². The summed E-state index contributed by atoms with van der Waals surface area (Å²) in [6, 6.07) is 18.3. The number of aromatic nitrogens is 4. The van der Waals surface area contributed by atoms with Gasteiger partial charge >= 0.3 is 0 Å². The molecule has 0 saturated carbocycles. The van der Waals surface area contributed by atoms with E-state index in [9.17, 15) is 0 Å². The van der Waals surface area contributed by atoms with Crippen LogP contribution in [0.25, 0.3) is 22.6 Å². The Morgan fingerprint density at radius 3 is 2.50 bits per heavy atom. The second kappa shape index (κ2) is 6.24. The van der Waals surface area contributed by atoms with Crippen LogP contribution in [0.15, 0.2) is 67.0 Å². The molecule has 0 fully saturated rings. The standard InChI is InChI=1S/C20H18N4/c1-15-8-9-19-18(14-15)23-20(17-7-3-5-12-22-17)24(19)13-10-16-6-2-4-11-21-16/h2-9,11-12,14H,10,13H2,1H3. The fourth-order valence-corrected chi connectivity index (χ4v) is 2.93. The van der Waals surface area contributed by atoms with E-state index in [4.69, 9.17) is 4.98 Å². The Hall–Kier alpha value is -3.01. The van der Waals surface area contributed by atoms with Crippen molar-refractivity contribution in [3.63, 3.8) is 0 Å². The normalized spacial score (nSPS) is 11.0. The van der Waals surface area contributed by atoms with E-state index in [1.807, 2.05) is 42.7 Å². The molecule has 4 aromatic rings. The molecule has 3 heterocycles. The highest BCUT2D eigenvalue weighted by Gasteiger charge is 2.13. The lowest BCUT2D eigenvalue weighted by Gasteiger charge is -2.09. The quantitative estimate of drug-likeness (QED) is 0.571. The van der Waals surface area contributed by atoms with Crippen molar-refractivity contribution in [1.82, 2.24) is 19.5 Å². The van der Waals surface area contributed by atoms with Gasteiger partial charge in [0.15, 0.2) is 5.82 Å². The molecule has 0 unspecified atom stereocenters. The van der Waals surface area contributed by atoms with Crippen LogP contribution < -0.4 is 0 Å². The van der Waals surface area contributed by atoms with Gasteiger partial charge in [-0.25, -0.2) is 4.98 Å². The fraction of sp³-hybridized carbons (Fsp3) is 0.150. The van der Waals surface area contributed by atoms with E-state index in [0.29, 0.717) is 0 Å². The topological polar surface area (TPSA) is 43.6 Å². The predicted octanol–water partition coefficient (Wildman–Crippen LogP) is 4.04. The zero-order valence-electron chi connectivity index (χ0n) is 13.6. The Balaban J connectivity index is 1.79. The van der Waals surface area contributed by atoms with E-state index in [0.717, 1.165) is 41.2 Å². The van der Waals surface area contributed by atoms with Crippen molar-refractivity contribution < 1.29 is 0 Å². The second-order valence-corrected chi connectivity index (χ2v) is 5.87. The summed E-state index contributed by atoms with van der Waals surface area (Å²) in [7, 11) is 0. The third-order valence-corrected chi connectivity index (χ3v) is 4.12. The van der Waals surface area contributed by atoms with Gasteiger partial charge in [0.1, 0.15) is 5.69 Å². The molecule has 3 aromatic heterocycles. The molecule has 24 heavy (non-hydrogen) atoms. The molecule has 4 nitrogen and oxygen atoms in total. The number of benzene rings is 1. The van der Waals surface area contributed by atoms with E-state index < -0.39 is 0 Å². The minimum absolute atomic E-state index is 0.822. The fourth-order valence-electron chi connectivity index (χ4n) is 2.93. The summed E-state index contributed by atoms with van der Waals surface area (Å²) in [5.41, 5.74) is 5.34. The average Bonchev–Trinajstić information content (AvgIpc) is 2.99. The molecular formula is C20H18N4. The zero-order valence-corrected chi connectivity index (χ0v) is 13.6. The molecule has 0 bridgehead atoms. The van der Waals surface area contributed by atoms with Crippen LogP contribution in [-0.4, -0.2) is 19.5 Å². The summed E-state index contributed by atoms with van der Waals surface area (Å²) >= 11 is 0. The first-order valence-electron chi connectivity index (χ1n) is 8.09. The van der Waals surface area contributed by atoms with Gasteiger partial charge in [-0.15, -0.1) is 0 Å². The Morgan fingerprint density at radius 1 is 0.917 bits per heavy atom. The van der Waals surface area contributed by atoms with Gasteiger partial charge in [-0.1, -0.05) is 18.2 Å². The Kier molecular flexibility index (Phi) is 3.79. The molecule has 118 valence electrons. The molecule has 1 aromatic carbocycles. The van der Waals surface area contributed by atoms with Crippen LogP contribution in [0, 0.1) is 6.92 Å². The molecule has 0 aliphatic rings. The molecule has 0 aliphatic heterocycles. The zero-order chi connectivity index (χ0) is 16.4. The Labute approximate surface area is 140 Å². The van der Waals surface area contributed by atoms with Crippen molar-refractivity contribution in [2.75, 3.05) is 0 Å². The number of fused-ring (bicyclic) bond motifs is 1. The SMILES string of the molecule is Cc1ccc2c(c1)nc(-c1ccccn1)n2CCc1ccccn1. The number of aryl methyl sites for hydroxylation is 3. The van der Waals surface area contributed by atoms with E-state index in [-0.39, 0.29) is 0 Å². The second-order valence-electron chi connectivity index (χ2n) is 5.87. The molecule has 4 heteroatoms. The Bertz CT molecular complexity index is 959. The van der Waals surface area contributed by atoms with Crippen LogP contribution in [0.4, 0.5) is 0 Å². The number of nitrogens with zero attached hydrogens (tertiary/aromatic N) is 4. The van der Waals surface area contributed by atoms with Gasteiger partial charge < -0.3 is 4.57 Å². The van der Waals surface area contributed by atoms with E-state index in [1.54, 1.807) is 0 Å². The molecule has 0 atom stereocenters. The lowest BCUT2D eigenvalue weighted by molar-refractivity contribution is 0.709. The maximum absolute atomic E-state index is 4.84. The van der Waals surface area contributed by atoms with Gasteiger partial charge in [-0.3, -0.25) is 9.97 Å². The molecular weight excluding hydrogens is 296 g/mol. The van der Waals surface area contributed by atoms with Crippen molar-refractivity contribution in [2.24, 2.45) is 0 Å². The van der Waals surface area contributed by atoms with E-state index in [1.165, 1.54) is 5.56 Å². The van der Waals surface area contributed by atoms with E-state index in [2.05, 4.69) is 45.7 Å². The minimum Gasteiger partial charge on any atom is -0.322 e. The van der Waals surface area contributed by atoms with Gasteiger partial charge in [0.25, 0.3) is 0 Å². The lowest BCUT2D eigenvalue weighted by Crippen LogP contribution is -2.05.